The molecule has 0 saturated carbocycles. The molecular formula is C19H33IN4O2. The van der Waals surface area contributed by atoms with Crippen LogP contribution in [0.1, 0.15) is 25.0 Å². The molecule has 1 atom stereocenters. The Labute approximate surface area is 174 Å². The van der Waals surface area contributed by atoms with Crippen molar-refractivity contribution >= 4 is 29.9 Å². The minimum Gasteiger partial charge on any atom is -0.383 e. The lowest BCUT2D eigenvalue weighted by atomic mass is 10.1. The zero-order valence-corrected chi connectivity index (χ0v) is 18.5. The number of benzene rings is 1. The molecule has 0 radical (unpaired) electrons. The van der Waals surface area contributed by atoms with E-state index < -0.39 is 0 Å². The number of methoxy groups -OCH3 is 1. The van der Waals surface area contributed by atoms with Gasteiger partial charge >= 0.3 is 0 Å². The molecule has 1 aromatic rings. The highest BCUT2D eigenvalue weighted by molar-refractivity contribution is 14.0. The normalized spacial score (nSPS) is 16.7. The molecule has 148 valence electrons. The smallest absolute Gasteiger partial charge is 0.191 e. The number of nitrogens with zero attached hydrogens (tertiary/aromatic N) is 2. The lowest BCUT2D eigenvalue weighted by Crippen LogP contribution is -2.43. The van der Waals surface area contributed by atoms with Crippen LogP contribution in [0.2, 0.25) is 0 Å². The summed E-state index contributed by atoms with van der Waals surface area (Å²) in [6.07, 6.45) is 0. The highest BCUT2D eigenvalue weighted by atomic mass is 127. The van der Waals surface area contributed by atoms with Gasteiger partial charge in [-0.05, 0) is 25.0 Å². The maximum Gasteiger partial charge on any atom is 0.191 e. The summed E-state index contributed by atoms with van der Waals surface area (Å²) >= 11 is 0. The van der Waals surface area contributed by atoms with Gasteiger partial charge in [-0.2, -0.15) is 0 Å². The number of guanidine groups is 1. The molecule has 0 aliphatic carbocycles. The van der Waals surface area contributed by atoms with Gasteiger partial charge in [-0.1, -0.05) is 24.3 Å². The molecule has 7 heteroatoms. The predicted molar refractivity (Wildman–Crippen MR) is 117 cm³/mol. The van der Waals surface area contributed by atoms with Crippen LogP contribution in [-0.4, -0.2) is 63.5 Å². The van der Waals surface area contributed by atoms with Crippen LogP contribution in [0.4, 0.5) is 0 Å². The van der Waals surface area contributed by atoms with E-state index in [2.05, 4.69) is 53.6 Å². The van der Waals surface area contributed by atoms with E-state index in [9.17, 15) is 0 Å². The number of rotatable bonds is 8. The fourth-order valence-corrected chi connectivity index (χ4v) is 2.86. The number of halogens is 1. The molecule has 1 aliphatic heterocycles. The summed E-state index contributed by atoms with van der Waals surface area (Å²) in [7, 11) is 1.71. The third-order valence-corrected chi connectivity index (χ3v) is 4.07. The number of hydrogen-bond donors (Lipinski definition) is 2. The Morgan fingerprint density at radius 2 is 2.04 bits per heavy atom. The largest absolute Gasteiger partial charge is 0.383 e. The van der Waals surface area contributed by atoms with Gasteiger partial charge in [-0.25, -0.2) is 4.99 Å². The summed E-state index contributed by atoms with van der Waals surface area (Å²) in [6, 6.07) is 8.91. The van der Waals surface area contributed by atoms with Crippen molar-refractivity contribution < 1.29 is 9.47 Å². The molecule has 1 heterocycles. The molecule has 1 unspecified atom stereocenters. The molecule has 0 spiro atoms. The summed E-state index contributed by atoms with van der Waals surface area (Å²) in [6.45, 7) is 11.0. The van der Waals surface area contributed by atoms with Crippen molar-refractivity contribution in [2.45, 2.75) is 33.0 Å². The van der Waals surface area contributed by atoms with E-state index in [4.69, 9.17) is 14.5 Å². The molecule has 0 amide bonds. The maximum atomic E-state index is 5.42. The molecule has 2 rings (SSSR count). The van der Waals surface area contributed by atoms with Gasteiger partial charge in [0, 0.05) is 39.3 Å². The maximum absolute atomic E-state index is 5.42. The third kappa shape index (κ3) is 8.66. The first-order valence-corrected chi connectivity index (χ1v) is 9.13. The van der Waals surface area contributed by atoms with Crippen molar-refractivity contribution in [3.63, 3.8) is 0 Å². The van der Waals surface area contributed by atoms with Crippen LogP contribution < -0.4 is 10.6 Å². The fraction of sp³-hybridized carbons (Fsp3) is 0.632. The number of aliphatic imine (C=N–C) groups is 1. The van der Waals surface area contributed by atoms with E-state index in [1.165, 1.54) is 11.1 Å². The fourth-order valence-electron chi connectivity index (χ4n) is 2.86. The Morgan fingerprint density at radius 3 is 2.73 bits per heavy atom. The minimum absolute atomic E-state index is 0. The van der Waals surface area contributed by atoms with Crippen molar-refractivity contribution in [1.29, 1.82) is 0 Å². The number of ether oxygens (including phenoxy) is 2. The van der Waals surface area contributed by atoms with E-state index >= 15 is 0 Å². The van der Waals surface area contributed by atoms with Crippen LogP contribution in [0.25, 0.3) is 0 Å². The highest BCUT2D eigenvalue weighted by Crippen LogP contribution is 2.11. The molecular weight excluding hydrogens is 443 g/mol. The van der Waals surface area contributed by atoms with Gasteiger partial charge in [0.15, 0.2) is 5.96 Å². The minimum atomic E-state index is 0. The van der Waals surface area contributed by atoms with E-state index in [0.717, 1.165) is 45.4 Å². The van der Waals surface area contributed by atoms with Crippen molar-refractivity contribution in [2.24, 2.45) is 4.99 Å². The molecule has 0 bridgehead atoms. The van der Waals surface area contributed by atoms with Crippen LogP contribution in [-0.2, 0) is 22.6 Å². The Kier molecular flexibility index (Phi) is 11.8. The predicted octanol–water partition coefficient (Wildman–Crippen LogP) is 2.23. The average molecular weight is 476 g/mol. The van der Waals surface area contributed by atoms with Crippen molar-refractivity contribution in [1.82, 2.24) is 15.5 Å². The first kappa shape index (κ1) is 23.1. The second-order valence-electron chi connectivity index (χ2n) is 6.40. The zero-order valence-electron chi connectivity index (χ0n) is 16.2. The van der Waals surface area contributed by atoms with Crippen molar-refractivity contribution in [2.75, 3.05) is 46.6 Å². The summed E-state index contributed by atoms with van der Waals surface area (Å²) < 4.78 is 10.6. The molecule has 1 aliphatic rings. The Morgan fingerprint density at radius 1 is 1.31 bits per heavy atom. The second-order valence-corrected chi connectivity index (χ2v) is 6.40. The first-order valence-electron chi connectivity index (χ1n) is 9.13. The van der Waals surface area contributed by atoms with E-state index in [1.807, 2.05) is 0 Å². The highest BCUT2D eigenvalue weighted by Gasteiger charge is 2.11. The topological polar surface area (TPSA) is 58.1 Å². The summed E-state index contributed by atoms with van der Waals surface area (Å²) in [4.78, 5) is 7.13. The third-order valence-electron chi connectivity index (χ3n) is 4.07. The van der Waals surface area contributed by atoms with Crippen LogP contribution in [0.5, 0.6) is 0 Å². The molecule has 1 fully saturated rings. The zero-order chi connectivity index (χ0) is 17.9. The van der Waals surface area contributed by atoms with Gasteiger partial charge in [-0.15, -0.1) is 24.0 Å². The molecule has 1 saturated heterocycles. The van der Waals surface area contributed by atoms with Gasteiger partial charge in [0.05, 0.1) is 26.4 Å². The van der Waals surface area contributed by atoms with Gasteiger partial charge in [0.2, 0.25) is 0 Å². The molecule has 1 aromatic carbocycles. The number of hydrogen-bond acceptors (Lipinski definition) is 4. The number of morpholine rings is 1. The van der Waals surface area contributed by atoms with Crippen LogP contribution in [0.15, 0.2) is 29.3 Å². The summed E-state index contributed by atoms with van der Waals surface area (Å²) in [5.41, 5.74) is 2.56. The lowest BCUT2D eigenvalue weighted by Gasteiger charge is -2.26. The van der Waals surface area contributed by atoms with Crippen LogP contribution in [0.3, 0.4) is 0 Å². The van der Waals surface area contributed by atoms with Gasteiger partial charge in [0.1, 0.15) is 0 Å². The average Bonchev–Trinajstić information content (AvgIpc) is 2.61. The quantitative estimate of drug-likeness (QED) is 0.343. The molecule has 2 N–H and O–H groups in total. The SMILES string of the molecule is CCNC(=NCc1cccc(CN2CCOCC2)c1)NC(C)COC.I. The number of nitrogens with one attached hydrogen (secondary N) is 2. The van der Waals surface area contributed by atoms with Crippen LogP contribution >= 0.6 is 24.0 Å². The second kappa shape index (κ2) is 13.3. The van der Waals surface area contributed by atoms with Gasteiger partial charge in [-0.3, -0.25) is 4.90 Å². The standard InChI is InChI=1S/C19H32N4O2.HI/c1-4-20-19(22-16(2)15-24-3)21-13-17-6-5-7-18(12-17)14-23-8-10-25-11-9-23;/h5-7,12,16H,4,8-11,13-15H2,1-3H3,(H2,20,21,22);1H. The van der Waals surface area contributed by atoms with Crippen molar-refractivity contribution in [3.05, 3.63) is 35.4 Å². The molecule has 0 aromatic heterocycles. The lowest BCUT2D eigenvalue weighted by molar-refractivity contribution is 0.0342. The van der Waals surface area contributed by atoms with Crippen molar-refractivity contribution in [3.8, 4) is 0 Å². The Balaban J connectivity index is 0.00000338. The molecule has 26 heavy (non-hydrogen) atoms. The summed E-state index contributed by atoms with van der Waals surface area (Å²) in [5.74, 6) is 0.825. The summed E-state index contributed by atoms with van der Waals surface area (Å²) in [5, 5.41) is 6.64. The van der Waals surface area contributed by atoms with Gasteiger partial charge in [0.25, 0.3) is 0 Å². The first-order chi connectivity index (χ1) is 12.2. The van der Waals surface area contributed by atoms with Crippen LogP contribution in [0, 0.1) is 0 Å². The van der Waals surface area contributed by atoms with Gasteiger partial charge < -0.3 is 20.1 Å². The monoisotopic (exact) mass is 476 g/mol. The Bertz CT molecular complexity index is 536. The van der Waals surface area contributed by atoms with E-state index in [1.54, 1.807) is 7.11 Å². The van der Waals surface area contributed by atoms with E-state index in [0.29, 0.717) is 13.2 Å². The van der Waals surface area contributed by atoms with E-state index in [-0.39, 0.29) is 30.0 Å². The molecule has 6 nitrogen and oxygen atoms in total. The Hall–Kier alpha value is -0.900.